The summed E-state index contributed by atoms with van der Waals surface area (Å²) in [7, 11) is 0. The summed E-state index contributed by atoms with van der Waals surface area (Å²) in [5, 5.41) is 4.74. The van der Waals surface area contributed by atoms with Gasteiger partial charge < -0.3 is 10.2 Å². The van der Waals surface area contributed by atoms with E-state index in [1.807, 2.05) is 67.6 Å². The van der Waals surface area contributed by atoms with Gasteiger partial charge in [0, 0.05) is 24.0 Å². The van der Waals surface area contributed by atoms with Crippen molar-refractivity contribution in [3.05, 3.63) is 77.9 Å². The van der Waals surface area contributed by atoms with Crippen LogP contribution in [0.15, 0.2) is 66.7 Å². The van der Waals surface area contributed by atoms with Crippen LogP contribution >= 0.6 is 0 Å². The first-order chi connectivity index (χ1) is 16.0. The fraction of sp³-hybridized carbons (Fsp3) is 0.296. The van der Waals surface area contributed by atoms with Crippen molar-refractivity contribution < 1.29 is 14.4 Å². The molecule has 33 heavy (non-hydrogen) atoms. The Hall–Kier alpha value is -3.67. The van der Waals surface area contributed by atoms with E-state index in [9.17, 15) is 14.4 Å². The molecule has 0 aromatic heterocycles. The zero-order valence-electron chi connectivity index (χ0n) is 19.1. The predicted octanol–water partition coefficient (Wildman–Crippen LogP) is 3.79. The molecule has 1 heterocycles. The Morgan fingerprint density at radius 3 is 2.45 bits per heavy atom. The molecular formula is C27H29N3O3. The maximum Gasteiger partial charge on any atom is 0.259 e. The van der Waals surface area contributed by atoms with Gasteiger partial charge in [0.25, 0.3) is 5.91 Å². The van der Waals surface area contributed by atoms with E-state index in [-0.39, 0.29) is 24.3 Å². The lowest BCUT2D eigenvalue weighted by molar-refractivity contribution is -0.138. The Bertz CT molecular complexity index is 1170. The lowest BCUT2D eigenvalue weighted by atomic mass is 10.1. The Morgan fingerprint density at radius 1 is 1.00 bits per heavy atom. The maximum atomic E-state index is 13.5. The van der Waals surface area contributed by atoms with E-state index in [2.05, 4.69) is 5.32 Å². The van der Waals surface area contributed by atoms with E-state index in [1.54, 1.807) is 17.9 Å². The molecule has 1 N–H and O–H groups in total. The molecule has 0 aliphatic carbocycles. The lowest BCUT2D eigenvalue weighted by Crippen LogP contribution is -2.52. The zero-order chi connectivity index (χ0) is 23.4. The molecule has 3 aromatic rings. The smallest absolute Gasteiger partial charge is 0.259 e. The Kier molecular flexibility index (Phi) is 6.73. The number of rotatable bonds is 9. The largest absolute Gasteiger partial charge is 0.354 e. The molecule has 0 radical (unpaired) electrons. The van der Waals surface area contributed by atoms with Crippen molar-refractivity contribution in [1.82, 2.24) is 10.2 Å². The first-order valence-corrected chi connectivity index (χ1v) is 11.5. The fourth-order valence-corrected chi connectivity index (χ4v) is 4.33. The van der Waals surface area contributed by atoms with Crippen molar-refractivity contribution in [3.63, 3.8) is 0 Å². The van der Waals surface area contributed by atoms with Gasteiger partial charge in [0.2, 0.25) is 11.8 Å². The number of amides is 3. The summed E-state index contributed by atoms with van der Waals surface area (Å²) in [4.78, 5) is 42.5. The second kappa shape index (κ2) is 9.86. The van der Waals surface area contributed by atoms with Crippen molar-refractivity contribution in [3.8, 4) is 0 Å². The topological polar surface area (TPSA) is 69.7 Å². The Morgan fingerprint density at radius 2 is 1.73 bits per heavy atom. The highest BCUT2D eigenvalue weighted by Crippen LogP contribution is 2.37. The number of anilines is 1. The average molecular weight is 444 g/mol. The summed E-state index contributed by atoms with van der Waals surface area (Å²) >= 11 is 0. The molecule has 0 bridgehead atoms. The van der Waals surface area contributed by atoms with Gasteiger partial charge in [-0.05, 0) is 42.8 Å². The van der Waals surface area contributed by atoms with Crippen LogP contribution in [0.5, 0.6) is 0 Å². The lowest BCUT2D eigenvalue weighted by Gasteiger charge is -2.30. The molecule has 1 aliphatic heterocycles. The van der Waals surface area contributed by atoms with Crippen LogP contribution in [0.1, 0.15) is 36.2 Å². The van der Waals surface area contributed by atoms with Gasteiger partial charge in [0.1, 0.15) is 12.6 Å². The first kappa shape index (κ1) is 22.5. The summed E-state index contributed by atoms with van der Waals surface area (Å²) in [6, 6.07) is 20.6. The van der Waals surface area contributed by atoms with Crippen molar-refractivity contribution in [1.29, 1.82) is 0 Å². The molecule has 3 amide bonds. The van der Waals surface area contributed by atoms with Gasteiger partial charge in [-0.25, -0.2) is 0 Å². The molecule has 0 fully saturated rings. The van der Waals surface area contributed by atoms with Gasteiger partial charge in [-0.3, -0.25) is 19.3 Å². The SMILES string of the molecule is CCCNC(=O)[C@@H](C)N(CCc1ccccc1)C(=O)CN1C(=O)c2cccc3cccc1c23. The number of nitrogens with one attached hydrogen (secondary N) is 1. The summed E-state index contributed by atoms with van der Waals surface area (Å²) in [5.74, 6) is -0.610. The minimum absolute atomic E-state index is 0.104. The average Bonchev–Trinajstić information content (AvgIpc) is 3.11. The fourth-order valence-electron chi connectivity index (χ4n) is 4.33. The van der Waals surface area contributed by atoms with Gasteiger partial charge >= 0.3 is 0 Å². The molecule has 6 nitrogen and oxygen atoms in total. The normalized spacial score (nSPS) is 13.3. The van der Waals surface area contributed by atoms with Crippen molar-refractivity contribution >= 4 is 34.2 Å². The van der Waals surface area contributed by atoms with Gasteiger partial charge in [-0.1, -0.05) is 61.5 Å². The standard InChI is InChI=1S/C27H29N3O3/c1-3-16-28-26(32)19(2)29(17-15-20-9-5-4-6-10-20)24(31)18-30-23-14-8-12-21-11-7-13-22(25(21)23)27(30)33/h4-14,19H,3,15-18H2,1-2H3,(H,28,32)/t19-/m1/s1. The molecule has 6 heteroatoms. The van der Waals surface area contributed by atoms with Crippen molar-refractivity contribution in [2.45, 2.75) is 32.7 Å². The molecule has 0 spiro atoms. The molecule has 0 saturated heterocycles. The number of hydrogen-bond donors (Lipinski definition) is 1. The van der Waals surface area contributed by atoms with E-state index in [1.165, 1.54) is 4.90 Å². The molecular weight excluding hydrogens is 414 g/mol. The monoisotopic (exact) mass is 443 g/mol. The highest BCUT2D eigenvalue weighted by Gasteiger charge is 2.34. The molecule has 0 saturated carbocycles. The predicted molar refractivity (Wildman–Crippen MR) is 130 cm³/mol. The molecule has 170 valence electrons. The van der Waals surface area contributed by atoms with Gasteiger partial charge in [0.15, 0.2) is 0 Å². The number of carbonyl (C=O) groups is 3. The molecule has 1 atom stereocenters. The molecule has 1 aliphatic rings. The van der Waals surface area contributed by atoms with Crippen LogP contribution in [0.3, 0.4) is 0 Å². The summed E-state index contributed by atoms with van der Waals surface area (Å²) in [6.45, 7) is 4.58. The number of hydrogen-bond acceptors (Lipinski definition) is 3. The quantitative estimate of drug-likeness (QED) is 0.547. The van der Waals surface area contributed by atoms with Crippen LogP contribution in [0.4, 0.5) is 5.69 Å². The van der Waals surface area contributed by atoms with E-state index in [4.69, 9.17) is 0 Å². The number of benzene rings is 3. The van der Waals surface area contributed by atoms with Crippen molar-refractivity contribution in [2.24, 2.45) is 0 Å². The van der Waals surface area contributed by atoms with E-state index in [0.29, 0.717) is 25.1 Å². The van der Waals surface area contributed by atoms with Gasteiger partial charge in [-0.15, -0.1) is 0 Å². The minimum Gasteiger partial charge on any atom is -0.354 e. The first-order valence-electron chi connectivity index (χ1n) is 11.5. The zero-order valence-corrected chi connectivity index (χ0v) is 19.1. The highest BCUT2D eigenvalue weighted by molar-refractivity contribution is 6.26. The van der Waals surface area contributed by atoms with Crippen LogP contribution in [-0.4, -0.2) is 48.3 Å². The third-order valence-corrected chi connectivity index (χ3v) is 6.14. The molecule has 4 rings (SSSR count). The minimum atomic E-state index is -0.636. The Labute approximate surface area is 194 Å². The summed E-state index contributed by atoms with van der Waals surface area (Å²) in [6.07, 6.45) is 1.45. The van der Waals surface area contributed by atoms with Crippen LogP contribution in [0.2, 0.25) is 0 Å². The van der Waals surface area contributed by atoms with Crippen LogP contribution in [-0.2, 0) is 16.0 Å². The van der Waals surface area contributed by atoms with Crippen LogP contribution < -0.4 is 10.2 Å². The molecule has 3 aromatic carbocycles. The third kappa shape index (κ3) is 4.60. The summed E-state index contributed by atoms with van der Waals surface area (Å²) < 4.78 is 0. The van der Waals surface area contributed by atoms with E-state index >= 15 is 0 Å². The second-order valence-corrected chi connectivity index (χ2v) is 8.36. The van der Waals surface area contributed by atoms with E-state index < -0.39 is 6.04 Å². The number of nitrogens with zero attached hydrogens (tertiary/aromatic N) is 2. The Balaban J connectivity index is 1.56. The maximum absolute atomic E-state index is 13.5. The van der Waals surface area contributed by atoms with Gasteiger partial charge in [0.05, 0.1) is 5.69 Å². The highest BCUT2D eigenvalue weighted by atomic mass is 16.2. The summed E-state index contributed by atoms with van der Waals surface area (Å²) in [5.41, 5.74) is 2.44. The van der Waals surface area contributed by atoms with E-state index in [0.717, 1.165) is 28.4 Å². The van der Waals surface area contributed by atoms with Crippen LogP contribution in [0.25, 0.3) is 10.8 Å². The van der Waals surface area contributed by atoms with Crippen molar-refractivity contribution in [2.75, 3.05) is 24.5 Å². The van der Waals surface area contributed by atoms with Gasteiger partial charge in [-0.2, -0.15) is 0 Å². The second-order valence-electron chi connectivity index (χ2n) is 8.36. The van der Waals surface area contributed by atoms with Crippen LogP contribution in [0, 0.1) is 0 Å². The number of carbonyl (C=O) groups excluding carboxylic acids is 3. The third-order valence-electron chi connectivity index (χ3n) is 6.14. The molecule has 0 unspecified atom stereocenters.